The molecule has 1 aromatic carbocycles. The number of carboxylic acids is 1. The van der Waals surface area contributed by atoms with Crippen LogP contribution in [0.15, 0.2) is 24.3 Å². The van der Waals surface area contributed by atoms with Crippen molar-refractivity contribution in [2.45, 2.75) is 6.42 Å². The zero-order chi connectivity index (χ0) is 15.1. The topological polar surface area (TPSA) is 69.6 Å². The second-order valence-corrected chi connectivity index (χ2v) is 4.60. The van der Waals surface area contributed by atoms with Gasteiger partial charge in [-0.05, 0) is 17.7 Å². The van der Waals surface area contributed by atoms with Crippen LogP contribution in [-0.4, -0.2) is 37.6 Å². The summed E-state index contributed by atoms with van der Waals surface area (Å²) in [6.45, 7) is 0.483. The quantitative estimate of drug-likeness (QED) is 0.788. The Labute approximate surface area is 122 Å². The highest BCUT2D eigenvalue weighted by Crippen LogP contribution is 2.30. The molecule has 108 valence electrons. The Balaban J connectivity index is 2.97. The van der Waals surface area contributed by atoms with Gasteiger partial charge in [-0.1, -0.05) is 23.7 Å². The molecule has 0 aliphatic heterocycles. The first kappa shape index (κ1) is 16.0. The van der Waals surface area contributed by atoms with Crippen molar-refractivity contribution in [3.8, 4) is 0 Å². The summed E-state index contributed by atoms with van der Waals surface area (Å²) in [6, 6.07) is 5.25. The van der Waals surface area contributed by atoms with Crippen LogP contribution in [-0.2, 0) is 9.59 Å². The van der Waals surface area contributed by atoms with Crippen LogP contribution in [0.3, 0.4) is 0 Å². The molecule has 1 rings (SSSR count). The smallest absolute Gasteiger partial charge is 0.328 e. The first-order valence-electron chi connectivity index (χ1n) is 6.07. The van der Waals surface area contributed by atoms with E-state index in [0.717, 1.165) is 6.08 Å². The van der Waals surface area contributed by atoms with E-state index in [-0.39, 0.29) is 5.91 Å². The van der Waals surface area contributed by atoms with E-state index in [1.807, 2.05) is 11.9 Å². The first-order chi connectivity index (χ1) is 9.45. The zero-order valence-corrected chi connectivity index (χ0v) is 12.1. The fourth-order valence-electron chi connectivity index (χ4n) is 1.74. The summed E-state index contributed by atoms with van der Waals surface area (Å²) in [5, 5.41) is 11.8. The third-order valence-electron chi connectivity index (χ3n) is 2.76. The predicted octanol–water partition coefficient (Wildman–Crippen LogP) is 2.01. The summed E-state index contributed by atoms with van der Waals surface area (Å²) < 4.78 is 0. The number of halogens is 1. The number of rotatable bonds is 6. The van der Waals surface area contributed by atoms with Crippen LogP contribution in [0.2, 0.25) is 5.02 Å². The Hall–Kier alpha value is -2.01. The van der Waals surface area contributed by atoms with E-state index in [1.54, 1.807) is 25.2 Å². The van der Waals surface area contributed by atoms with E-state index in [2.05, 4.69) is 5.32 Å². The average molecular weight is 297 g/mol. The van der Waals surface area contributed by atoms with Gasteiger partial charge in [0.1, 0.15) is 0 Å². The number of carbonyl (C=O) groups is 2. The normalized spacial score (nSPS) is 10.6. The molecule has 0 aliphatic carbocycles. The summed E-state index contributed by atoms with van der Waals surface area (Å²) in [6.07, 6.45) is 2.88. The molecule has 0 spiro atoms. The number of hydrogen-bond acceptors (Lipinski definition) is 3. The van der Waals surface area contributed by atoms with Crippen molar-refractivity contribution in [1.29, 1.82) is 0 Å². The van der Waals surface area contributed by atoms with Crippen LogP contribution in [0.25, 0.3) is 6.08 Å². The molecular formula is C14H17ClN2O3. The van der Waals surface area contributed by atoms with Gasteiger partial charge in [-0.15, -0.1) is 0 Å². The maximum atomic E-state index is 11.3. The molecule has 0 radical (unpaired) electrons. The van der Waals surface area contributed by atoms with Gasteiger partial charge in [0.2, 0.25) is 5.91 Å². The van der Waals surface area contributed by atoms with Gasteiger partial charge in [0.15, 0.2) is 0 Å². The van der Waals surface area contributed by atoms with Gasteiger partial charge in [-0.2, -0.15) is 0 Å². The molecule has 5 nitrogen and oxygen atoms in total. The van der Waals surface area contributed by atoms with Gasteiger partial charge in [0.25, 0.3) is 0 Å². The number of anilines is 1. The van der Waals surface area contributed by atoms with Crippen molar-refractivity contribution in [1.82, 2.24) is 5.32 Å². The summed E-state index contributed by atoms with van der Waals surface area (Å²) in [7, 11) is 3.39. The van der Waals surface area contributed by atoms with Crippen LogP contribution in [0.5, 0.6) is 0 Å². The number of aliphatic carboxylic acids is 1. The lowest BCUT2D eigenvalue weighted by Gasteiger charge is -2.22. The fraction of sp³-hybridized carbons (Fsp3) is 0.286. The Morgan fingerprint density at radius 3 is 2.75 bits per heavy atom. The number of hydrogen-bond donors (Lipinski definition) is 2. The van der Waals surface area contributed by atoms with Crippen molar-refractivity contribution in [2.75, 3.05) is 25.5 Å². The van der Waals surface area contributed by atoms with E-state index in [9.17, 15) is 9.59 Å². The van der Waals surface area contributed by atoms with E-state index in [4.69, 9.17) is 16.7 Å². The zero-order valence-electron chi connectivity index (χ0n) is 11.4. The van der Waals surface area contributed by atoms with E-state index >= 15 is 0 Å². The number of nitrogens with zero attached hydrogens (tertiary/aromatic N) is 1. The molecule has 0 heterocycles. The van der Waals surface area contributed by atoms with Crippen LogP contribution in [0, 0.1) is 0 Å². The summed E-state index contributed by atoms with van der Waals surface area (Å²) >= 11 is 6.17. The van der Waals surface area contributed by atoms with Crippen molar-refractivity contribution < 1.29 is 14.7 Å². The van der Waals surface area contributed by atoms with E-state index < -0.39 is 5.97 Å². The second kappa shape index (κ2) is 7.55. The minimum absolute atomic E-state index is 0.0634. The van der Waals surface area contributed by atoms with Crippen LogP contribution < -0.4 is 10.2 Å². The Kier molecular flexibility index (Phi) is 6.06. The Morgan fingerprint density at radius 2 is 2.15 bits per heavy atom. The standard InChI is InChI=1S/C14H17ClN2O3/c1-16-12(18)8-9-17(2)14-10(6-7-13(19)20)4-3-5-11(14)15/h3-7H,8-9H2,1-2H3,(H,16,18)(H,19,20)/b7-6+. The SMILES string of the molecule is CNC(=O)CCN(C)c1c(Cl)cccc1/C=C/C(=O)O. The first-order valence-corrected chi connectivity index (χ1v) is 6.44. The third-order valence-corrected chi connectivity index (χ3v) is 3.06. The number of para-hydroxylation sites is 1. The number of nitrogens with one attached hydrogen (secondary N) is 1. The minimum atomic E-state index is -1.02. The van der Waals surface area contributed by atoms with E-state index in [1.165, 1.54) is 6.08 Å². The molecule has 20 heavy (non-hydrogen) atoms. The molecule has 0 fully saturated rings. The van der Waals surface area contributed by atoms with Gasteiger partial charge in [0, 0.05) is 33.1 Å². The second-order valence-electron chi connectivity index (χ2n) is 4.19. The largest absolute Gasteiger partial charge is 0.478 e. The maximum absolute atomic E-state index is 11.3. The molecule has 0 saturated carbocycles. The highest BCUT2D eigenvalue weighted by atomic mass is 35.5. The van der Waals surface area contributed by atoms with E-state index in [0.29, 0.717) is 29.2 Å². The van der Waals surface area contributed by atoms with Crippen molar-refractivity contribution in [3.63, 3.8) is 0 Å². The summed E-state index contributed by atoms with van der Waals surface area (Å²) in [5.41, 5.74) is 1.40. The minimum Gasteiger partial charge on any atom is -0.478 e. The van der Waals surface area contributed by atoms with Gasteiger partial charge in [-0.25, -0.2) is 4.79 Å². The maximum Gasteiger partial charge on any atom is 0.328 e. The van der Waals surface area contributed by atoms with Crippen LogP contribution in [0.1, 0.15) is 12.0 Å². The predicted molar refractivity (Wildman–Crippen MR) is 80.1 cm³/mol. The lowest BCUT2D eigenvalue weighted by Crippen LogP contribution is -2.26. The number of benzene rings is 1. The molecule has 2 N–H and O–H groups in total. The van der Waals surface area contributed by atoms with Gasteiger partial charge in [0.05, 0.1) is 10.7 Å². The number of carboxylic acid groups (broad SMARTS) is 1. The highest BCUT2D eigenvalue weighted by Gasteiger charge is 2.11. The van der Waals surface area contributed by atoms with Crippen LogP contribution in [0.4, 0.5) is 5.69 Å². The lowest BCUT2D eigenvalue weighted by molar-refractivity contribution is -0.131. The number of amides is 1. The molecule has 0 atom stereocenters. The van der Waals surface area contributed by atoms with Crippen molar-refractivity contribution in [3.05, 3.63) is 34.9 Å². The van der Waals surface area contributed by atoms with Crippen LogP contribution >= 0.6 is 11.6 Å². The Bertz CT molecular complexity index is 529. The molecule has 1 amide bonds. The molecule has 0 saturated heterocycles. The Morgan fingerprint density at radius 1 is 1.45 bits per heavy atom. The third kappa shape index (κ3) is 4.59. The van der Waals surface area contributed by atoms with Gasteiger partial charge >= 0.3 is 5.97 Å². The molecule has 1 aromatic rings. The molecule has 0 aromatic heterocycles. The molecule has 0 unspecified atom stereocenters. The van der Waals surface area contributed by atoms with Gasteiger partial charge in [-0.3, -0.25) is 4.79 Å². The monoisotopic (exact) mass is 296 g/mol. The highest BCUT2D eigenvalue weighted by molar-refractivity contribution is 6.33. The molecule has 0 aliphatic rings. The summed E-state index contributed by atoms with van der Waals surface area (Å²) in [4.78, 5) is 23.7. The van der Waals surface area contributed by atoms with Crippen molar-refractivity contribution >= 4 is 35.2 Å². The average Bonchev–Trinajstić information content (AvgIpc) is 2.42. The molecule has 6 heteroatoms. The molecular weight excluding hydrogens is 280 g/mol. The van der Waals surface area contributed by atoms with Gasteiger partial charge < -0.3 is 15.3 Å². The summed E-state index contributed by atoms with van der Waals surface area (Å²) in [5.74, 6) is -1.09. The van der Waals surface area contributed by atoms with Crippen molar-refractivity contribution in [2.24, 2.45) is 0 Å². The number of carbonyl (C=O) groups excluding carboxylic acids is 1. The fourth-order valence-corrected chi connectivity index (χ4v) is 2.06. The molecule has 0 bridgehead atoms. The lowest BCUT2D eigenvalue weighted by atomic mass is 10.1.